The van der Waals surface area contributed by atoms with Crippen LogP contribution in [-0.4, -0.2) is 10.4 Å². The Labute approximate surface area is 128 Å². The van der Waals surface area contributed by atoms with Gasteiger partial charge in [-0.3, -0.25) is 14.2 Å². The van der Waals surface area contributed by atoms with Gasteiger partial charge in [0, 0.05) is 23.4 Å². The second-order valence-corrected chi connectivity index (χ2v) is 5.79. The Morgan fingerprint density at radius 1 is 1.05 bits per heavy atom. The lowest BCUT2D eigenvalue weighted by Gasteiger charge is -2.21. The zero-order chi connectivity index (χ0) is 15.9. The van der Waals surface area contributed by atoms with Crippen LogP contribution < -0.4 is 5.56 Å². The standard InChI is InChI=1S/C18H16N2O2/c1-11-6-12(2)8-14(7-11)20-16-4-3-5-17(21)15(16)9-13(10-19)18(20)22/h6-9H,3-5H2,1-2H3. The van der Waals surface area contributed by atoms with E-state index in [2.05, 4.69) is 0 Å². The fraction of sp³-hybridized carbons (Fsp3) is 0.278. The highest BCUT2D eigenvalue weighted by atomic mass is 16.1. The molecular formula is C18H16N2O2. The van der Waals surface area contributed by atoms with Gasteiger partial charge in [0.2, 0.25) is 0 Å². The molecule has 0 fully saturated rings. The molecule has 4 heteroatoms. The van der Waals surface area contributed by atoms with Crippen LogP contribution in [0.2, 0.25) is 0 Å². The average Bonchev–Trinajstić information content (AvgIpc) is 2.46. The number of benzene rings is 1. The number of Topliss-reactive ketones (excluding diaryl/α,β-unsaturated/α-hetero) is 1. The van der Waals surface area contributed by atoms with Gasteiger partial charge in [-0.1, -0.05) is 6.07 Å². The highest BCUT2D eigenvalue weighted by Gasteiger charge is 2.24. The van der Waals surface area contributed by atoms with Crippen molar-refractivity contribution in [1.82, 2.24) is 4.57 Å². The molecule has 1 aliphatic carbocycles. The van der Waals surface area contributed by atoms with Crippen LogP contribution in [0.25, 0.3) is 5.69 Å². The summed E-state index contributed by atoms with van der Waals surface area (Å²) in [6.07, 6.45) is 1.89. The third-order valence-electron chi connectivity index (χ3n) is 4.01. The van der Waals surface area contributed by atoms with Crippen LogP contribution in [0.3, 0.4) is 0 Å². The van der Waals surface area contributed by atoms with Crippen molar-refractivity contribution >= 4 is 5.78 Å². The zero-order valence-corrected chi connectivity index (χ0v) is 12.6. The molecule has 0 unspecified atom stereocenters. The largest absolute Gasteiger partial charge is 0.294 e. The number of aryl methyl sites for hydroxylation is 2. The first kappa shape index (κ1) is 14.3. The third-order valence-corrected chi connectivity index (χ3v) is 4.01. The third kappa shape index (κ3) is 2.25. The summed E-state index contributed by atoms with van der Waals surface area (Å²) in [5, 5.41) is 9.21. The molecule has 0 atom stereocenters. The molecule has 0 radical (unpaired) electrons. The Morgan fingerprint density at radius 3 is 2.36 bits per heavy atom. The van der Waals surface area contributed by atoms with Crippen LogP contribution >= 0.6 is 0 Å². The number of pyridine rings is 1. The Balaban J connectivity index is 2.40. The van der Waals surface area contributed by atoms with Crippen molar-refractivity contribution in [1.29, 1.82) is 5.26 Å². The summed E-state index contributed by atoms with van der Waals surface area (Å²) in [4.78, 5) is 24.8. The highest BCUT2D eigenvalue weighted by Crippen LogP contribution is 2.24. The molecule has 1 heterocycles. The number of aromatic nitrogens is 1. The van der Waals surface area contributed by atoms with Crippen molar-refractivity contribution in [3.05, 3.63) is 62.6 Å². The minimum Gasteiger partial charge on any atom is -0.294 e. The van der Waals surface area contributed by atoms with E-state index in [1.54, 1.807) is 4.57 Å². The van der Waals surface area contributed by atoms with E-state index in [0.717, 1.165) is 28.9 Å². The lowest BCUT2D eigenvalue weighted by atomic mass is 9.93. The monoisotopic (exact) mass is 292 g/mol. The van der Waals surface area contributed by atoms with Gasteiger partial charge in [0.25, 0.3) is 5.56 Å². The summed E-state index contributed by atoms with van der Waals surface area (Å²) in [5.41, 5.74) is 3.73. The number of ketones is 1. The minimum absolute atomic E-state index is 0.0101. The molecule has 0 aliphatic heterocycles. The van der Waals surface area contributed by atoms with Crippen LogP contribution in [0.4, 0.5) is 0 Å². The van der Waals surface area contributed by atoms with E-state index in [4.69, 9.17) is 0 Å². The Bertz CT molecular complexity index is 865. The number of carbonyl (C=O) groups is 1. The summed E-state index contributed by atoms with van der Waals surface area (Å²) in [5.74, 6) is 0.0101. The second-order valence-electron chi connectivity index (χ2n) is 5.79. The van der Waals surface area contributed by atoms with Gasteiger partial charge in [-0.05, 0) is 56.0 Å². The van der Waals surface area contributed by atoms with Crippen LogP contribution in [0, 0.1) is 25.2 Å². The van der Waals surface area contributed by atoms with E-state index in [9.17, 15) is 14.9 Å². The number of rotatable bonds is 1. The fourth-order valence-corrected chi connectivity index (χ4v) is 3.12. The maximum atomic E-state index is 12.6. The minimum atomic E-state index is -0.346. The van der Waals surface area contributed by atoms with Crippen molar-refractivity contribution in [3.63, 3.8) is 0 Å². The molecule has 22 heavy (non-hydrogen) atoms. The van der Waals surface area contributed by atoms with E-state index in [1.807, 2.05) is 38.1 Å². The van der Waals surface area contributed by atoms with Gasteiger partial charge in [-0.15, -0.1) is 0 Å². The molecule has 3 rings (SSSR count). The number of nitrogens with zero attached hydrogens (tertiary/aromatic N) is 2. The number of carbonyl (C=O) groups excluding carboxylic acids is 1. The fourth-order valence-electron chi connectivity index (χ4n) is 3.12. The average molecular weight is 292 g/mol. The second kappa shape index (κ2) is 5.27. The van der Waals surface area contributed by atoms with Crippen LogP contribution in [0.5, 0.6) is 0 Å². The normalized spacial score (nSPS) is 13.6. The van der Waals surface area contributed by atoms with E-state index in [0.29, 0.717) is 18.4 Å². The Morgan fingerprint density at radius 2 is 1.73 bits per heavy atom. The van der Waals surface area contributed by atoms with Crippen LogP contribution in [0.1, 0.15) is 45.6 Å². The molecule has 1 aliphatic rings. The SMILES string of the molecule is Cc1cc(C)cc(-n2c3c(cc(C#N)c2=O)C(=O)CCC3)c1. The lowest BCUT2D eigenvalue weighted by Crippen LogP contribution is -2.29. The van der Waals surface area contributed by atoms with Gasteiger partial charge < -0.3 is 0 Å². The first-order chi connectivity index (χ1) is 10.5. The van der Waals surface area contributed by atoms with Crippen molar-refractivity contribution in [2.75, 3.05) is 0 Å². The predicted molar refractivity (Wildman–Crippen MR) is 83.5 cm³/mol. The first-order valence-electron chi connectivity index (χ1n) is 7.32. The molecule has 0 amide bonds. The van der Waals surface area contributed by atoms with E-state index < -0.39 is 0 Å². The number of nitriles is 1. The summed E-state index contributed by atoms with van der Waals surface area (Å²) < 4.78 is 1.55. The zero-order valence-electron chi connectivity index (χ0n) is 12.6. The molecule has 110 valence electrons. The van der Waals surface area contributed by atoms with Gasteiger partial charge in [0.15, 0.2) is 5.78 Å². The maximum absolute atomic E-state index is 12.6. The van der Waals surface area contributed by atoms with Crippen molar-refractivity contribution in [3.8, 4) is 11.8 Å². The van der Waals surface area contributed by atoms with Crippen molar-refractivity contribution < 1.29 is 4.79 Å². The summed E-state index contributed by atoms with van der Waals surface area (Å²) >= 11 is 0. The van der Waals surface area contributed by atoms with Gasteiger partial charge in [0.1, 0.15) is 11.6 Å². The topological polar surface area (TPSA) is 62.9 Å². The molecule has 2 aromatic rings. The number of fused-ring (bicyclic) bond motifs is 1. The van der Waals surface area contributed by atoms with Crippen LogP contribution in [0.15, 0.2) is 29.1 Å². The Kier molecular flexibility index (Phi) is 3.42. The summed E-state index contributed by atoms with van der Waals surface area (Å²) in [6.45, 7) is 3.93. The van der Waals surface area contributed by atoms with Gasteiger partial charge in [-0.2, -0.15) is 5.26 Å². The number of hydrogen-bond acceptors (Lipinski definition) is 3. The summed E-state index contributed by atoms with van der Waals surface area (Å²) in [6, 6.07) is 9.23. The van der Waals surface area contributed by atoms with Crippen LogP contribution in [-0.2, 0) is 6.42 Å². The molecule has 0 N–H and O–H groups in total. The highest BCUT2D eigenvalue weighted by molar-refractivity contribution is 5.98. The predicted octanol–water partition coefficient (Wildman–Crippen LogP) is 2.85. The summed E-state index contributed by atoms with van der Waals surface area (Å²) in [7, 11) is 0. The molecule has 0 saturated heterocycles. The van der Waals surface area contributed by atoms with E-state index >= 15 is 0 Å². The first-order valence-corrected chi connectivity index (χ1v) is 7.32. The van der Waals surface area contributed by atoms with Crippen molar-refractivity contribution in [2.24, 2.45) is 0 Å². The van der Waals surface area contributed by atoms with E-state index in [1.165, 1.54) is 6.07 Å². The molecule has 0 bridgehead atoms. The molecule has 4 nitrogen and oxygen atoms in total. The van der Waals surface area contributed by atoms with Gasteiger partial charge in [-0.25, -0.2) is 0 Å². The molecule has 0 spiro atoms. The number of hydrogen-bond donors (Lipinski definition) is 0. The van der Waals surface area contributed by atoms with Gasteiger partial charge in [0.05, 0.1) is 0 Å². The van der Waals surface area contributed by atoms with Crippen molar-refractivity contribution in [2.45, 2.75) is 33.1 Å². The van der Waals surface area contributed by atoms with Gasteiger partial charge >= 0.3 is 0 Å². The lowest BCUT2D eigenvalue weighted by molar-refractivity contribution is 0.0971. The smallest absolute Gasteiger partial charge is 0.273 e. The Hall–Kier alpha value is -2.67. The van der Waals surface area contributed by atoms with E-state index in [-0.39, 0.29) is 16.9 Å². The molecular weight excluding hydrogens is 276 g/mol. The molecule has 0 saturated carbocycles. The quantitative estimate of drug-likeness (QED) is 0.812. The molecule has 1 aromatic heterocycles. The molecule has 1 aromatic carbocycles. The maximum Gasteiger partial charge on any atom is 0.273 e.